The molecule has 6 rings (SSSR count). The van der Waals surface area contributed by atoms with Crippen LogP contribution in [0.1, 0.15) is 38.2 Å². The quantitative estimate of drug-likeness (QED) is 0.0843. The number of carbonyl (C=O) groups is 2. The Kier molecular flexibility index (Phi) is 9.46. The lowest BCUT2D eigenvalue weighted by molar-refractivity contribution is -0.154. The third kappa shape index (κ3) is 6.81. The van der Waals surface area contributed by atoms with Gasteiger partial charge >= 0.3 is 5.97 Å². The third-order valence-electron chi connectivity index (χ3n) is 8.07. The van der Waals surface area contributed by atoms with Gasteiger partial charge in [0, 0.05) is 44.9 Å². The van der Waals surface area contributed by atoms with E-state index in [1.165, 1.54) is 0 Å². The monoisotopic (exact) mass is 637 g/mol. The van der Waals surface area contributed by atoms with Gasteiger partial charge in [0.1, 0.15) is 11.8 Å². The summed E-state index contributed by atoms with van der Waals surface area (Å²) in [5.74, 6) is -0.623. The number of hydrogen-bond acceptors (Lipinski definition) is 5. The highest BCUT2D eigenvalue weighted by Crippen LogP contribution is 2.44. The molecule has 0 fully saturated rings. The summed E-state index contributed by atoms with van der Waals surface area (Å²) in [6, 6.07) is 48.3. The average Bonchev–Trinajstić information content (AvgIpc) is 3.12. The molecule has 6 heteroatoms. The van der Waals surface area contributed by atoms with Crippen molar-refractivity contribution in [3.63, 3.8) is 0 Å². The van der Waals surface area contributed by atoms with E-state index in [1.807, 2.05) is 103 Å². The van der Waals surface area contributed by atoms with E-state index in [4.69, 9.17) is 16.3 Å². The minimum atomic E-state index is -1.41. The molecule has 0 saturated carbocycles. The summed E-state index contributed by atoms with van der Waals surface area (Å²) in [5.41, 5.74) is 2.86. The van der Waals surface area contributed by atoms with Gasteiger partial charge in [0.05, 0.1) is 0 Å². The first kappa shape index (κ1) is 31.3. The van der Waals surface area contributed by atoms with Crippen molar-refractivity contribution in [1.82, 2.24) is 0 Å². The average molecular weight is 638 g/mol. The van der Waals surface area contributed by atoms with Gasteiger partial charge in [-0.2, -0.15) is 0 Å². The van der Waals surface area contributed by atoms with Gasteiger partial charge in [-0.15, -0.1) is 0 Å². The molecule has 47 heavy (non-hydrogen) atoms. The number of phenolic OH excluding ortho intramolecular Hbond substituents is 1. The van der Waals surface area contributed by atoms with E-state index >= 15 is 0 Å². The first-order chi connectivity index (χ1) is 23.0. The number of aromatic hydroxyl groups is 1. The van der Waals surface area contributed by atoms with Crippen LogP contribution in [-0.4, -0.2) is 22.9 Å². The van der Waals surface area contributed by atoms with Gasteiger partial charge < -0.3 is 15.2 Å². The second kappa shape index (κ2) is 14.2. The van der Waals surface area contributed by atoms with Gasteiger partial charge in [-0.25, -0.2) is 4.79 Å². The molecule has 0 aromatic heterocycles. The number of nitrogens with one attached hydrogen (secondary N) is 1. The summed E-state index contributed by atoms with van der Waals surface area (Å²) in [5, 5.41) is 13.7. The zero-order valence-electron chi connectivity index (χ0n) is 25.4. The van der Waals surface area contributed by atoms with Gasteiger partial charge in [0.25, 0.3) is 0 Å². The number of halogens is 1. The van der Waals surface area contributed by atoms with Crippen molar-refractivity contribution in [2.24, 2.45) is 0 Å². The third-order valence-corrected chi connectivity index (χ3v) is 8.40. The minimum absolute atomic E-state index is 0.116. The van der Waals surface area contributed by atoms with E-state index < -0.39 is 17.6 Å². The molecule has 0 amide bonds. The first-order valence-electron chi connectivity index (χ1n) is 15.3. The molecule has 0 bridgehead atoms. The van der Waals surface area contributed by atoms with Crippen LogP contribution in [0.2, 0.25) is 5.02 Å². The fourth-order valence-electron chi connectivity index (χ4n) is 5.77. The maximum atomic E-state index is 14.8. The summed E-state index contributed by atoms with van der Waals surface area (Å²) in [4.78, 5) is 28.4. The van der Waals surface area contributed by atoms with Crippen LogP contribution < -0.4 is 5.32 Å². The van der Waals surface area contributed by atoms with E-state index in [-0.39, 0.29) is 18.0 Å². The molecule has 6 aromatic rings. The molecule has 0 unspecified atom stereocenters. The van der Waals surface area contributed by atoms with Crippen LogP contribution in [0.15, 0.2) is 164 Å². The number of benzene rings is 6. The summed E-state index contributed by atoms with van der Waals surface area (Å²) >= 11 is 6.89. The lowest BCUT2D eigenvalue weighted by Gasteiger charge is -2.37. The number of phenols is 1. The number of ketones is 1. The van der Waals surface area contributed by atoms with Crippen molar-refractivity contribution in [1.29, 1.82) is 0 Å². The SMILES string of the molecule is O=C(c1ccccc1)c1ccccc1N[C@@H](Cc1ccc(O)cc1)C(=O)OC(c1ccccc1)(c1ccccc1)c1ccccc1Cl. The molecule has 232 valence electrons. The van der Waals surface area contributed by atoms with Crippen LogP contribution in [0.3, 0.4) is 0 Å². The number of para-hydroxylation sites is 1. The van der Waals surface area contributed by atoms with Crippen LogP contribution in [0.4, 0.5) is 5.69 Å². The standard InChI is InChI=1S/C41H32ClNO4/c42-36-22-12-11-21-35(36)41(31-16-6-2-7-17-31,32-18-8-3-9-19-32)47-40(46)38(28-29-24-26-33(44)27-25-29)43-37-23-13-10-20-34(37)39(45)30-14-4-1-5-15-30/h1-27,38,43-44H,28H2/t38-/m0/s1. The lowest BCUT2D eigenvalue weighted by atomic mass is 9.80. The Labute approximate surface area is 279 Å². The molecule has 2 N–H and O–H groups in total. The molecule has 5 nitrogen and oxygen atoms in total. The van der Waals surface area contributed by atoms with Gasteiger partial charge in [0.2, 0.25) is 0 Å². The smallest absolute Gasteiger partial charge is 0.330 e. The van der Waals surface area contributed by atoms with Gasteiger partial charge in [0.15, 0.2) is 11.4 Å². The maximum Gasteiger partial charge on any atom is 0.330 e. The van der Waals surface area contributed by atoms with Crippen molar-refractivity contribution in [2.45, 2.75) is 18.1 Å². The molecule has 6 aromatic carbocycles. The molecule has 0 aliphatic carbocycles. The first-order valence-corrected chi connectivity index (χ1v) is 15.7. The van der Waals surface area contributed by atoms with Crippen molar-refractivity contribution in [2.75, 3.05) is 5.32 Å². The molecular formula is C41H32ClNO4. The van der Waals surface area contributed by atoms with E-state index in [9.17, 15) is 14.7 Å². The molecule has 0 spiro atoms. The van der Waals surface area contributed by atoms with Crippen molar-refractivity contribution in [3.8, 4) is 5.75 Å². The Bertz CT molecular complexity index is 1920. The molecule has 0 saturated heterocycles. The Morgan fingerprint density at radius 1 is 0.660 bits per heavy atom. The molecule has 0 aliphatic rings. The largest absolute Gasteiger partial charge is 0.508 e. The topological polar surface area (TPSA) is 75.6 Å². The summed E-state index contributed by atoms with van der Waals surface area (Å²) < 4.78 is 6.77. The number of rotatable bonds is 11. The maximum absolute atomic E-state index is 14.8. The lowest BCUT2D eigenvalue weighted by Crippen LogP contribution is -2.42. The van der Waals surface area contributed by atoms with Crippen LogP contribution >= 0.6 is 11.6 Å². The van der Waals surface area contributed by atoms with Crippen molar-refractivity contribution in [3.05, 3.63) is 202 Å². The Hall–Kier alpha value is -5.65. The number of esters is 1. The predicted molar refractivity (Wildman–Crippen MR) is 186 cm³/mol. The number of hydrogen-bond donors (Lipinski definition) is 2. The summed E-state index contributed by atoms with van der Waals surface area (Å²) in [7, 11) is 0. The highest BCUT2D eigenvalue weighted by atomic mass is 35.5. The van der Waals surface area contributed by atoms with Crippen LogP contribution in [0.25, 0.3) is 0 Å². The predicted octanol–water partition coefficient (Wildman–Crippen LogP) is 8.84. The Morgan fingerprint density at radius 2 is 1.19 bits per heavy atom. The molecule has 1 atom stereocenters. The van der Waals surface area contributed by atoms with E-state index in [1.54, 1.807) is 60.7 Å². The fourth-order valence-corrected chi connectivity index (χ4v) is 6.03. The Morgan fingerprint density at radius 3 is 1.81 bits per heavy atom. The zero-order chi connectivity index (χ0) is 32.6. The molecular weight excluding hydrogens is 606 g/mol. The summed E-state index contributed by atoms with van der Waals surface area (Å²) in [6.07, 6.45) is 0.204. The molecule has 0 aliphatic heterocycles. The van der Waals surface area contributed by atoms with Crippen molar-refractivity contribution < 1.29 is 19.4 Å². The van der Waals surface area contributed by atoms with Crippen LogP contribution in [-0.2, 0) is 21.6 Å². The van der Waals surface area contributed by atoms with Crippen LogP contribution in [0.5, 0.6) is 5.75 Å². The minimum Gasteiger partial charge on any atom is -0.508 e. The summed E-state index contributed by atoms with van der Waals surface area (Å²) in [6.45, 7) is 0. The number of anilines is 1. The Balaban J connectivity index is 1.47. The fraction of sp³-hybridized carbons (Fsp3) is 0.0732. The second-order valence-electron chi connectivity index (χ2n) is 11.1. The highest BCUT2D eigenvalue weighted by Gasteiger charge is 2.43. The highest BCUT2D eigenvalue weighted by molar-refractivity contribution is 6.31. The molecule has 0 radical (unpaired) electrons. The molecule has 0 heterocycles. The van der Waals surface area contributed by atoms with Gasteiger partial charge in [-0.05, 0) is 35.9 Å². The second-order valence-corrected chi connectivity index (χ2v) is 11.5. The van der Waals surface area contributed by atoms with E-state index in [2.05, 4.69) is 5.32 Å². The zero-order valence-corrected chi connectivity index (χ0v) is 26.2. The van der Waals surface area contributed by atoms with Gasteiger partial charge in [-0.1, -0.05) is 145 Å². The normalized spacial score (nSPS) is 11.8. The van der Waals surface area contributed by atoms with Gasteiger partial charge in [-0.3, -0.25) is 4.79 Å². The van der Waals surface area contributed by atoms with E-state index in [0.717, 1.165) is 16.7 Å². The van der Waals surface area contributed by atoms with Crippen molar-refractivity contribution >= 4 is 29.0 Å². The number of ether oxygens (including phenoxy) is 1. The number of carbonyl (C=O) groups excluding carboxylic acids is 2. The van der Waals surface area contributed by atoms with E-state index in [0.29, 0.717) is 27.4 Å². The van der Waals surface area contributed by atoms with Crippen LogP contribution in [0, 0.1) is 0 Å².